The highest BCUT2D eigenvalue weighted by Gasteiger charge is 2.45. The van der Waals surface area contributed by atoms with E-state index in [2.05, 4.69) is 34.2 Å². The van der Waals surface area contributed by atoms with Crippen molar-refractivity contribution in [2.45, 2.75) is 57.4 Å². The molecule has 0 radical (unpaired) electrons. The van der Waals surface area contributed by atoms with Crippen molar-refractivity contribution in [3.05, 3.63) is 74.4 Å². The van der Waals surface area contributed by atoms with E-state index in [4.69, 9.17) is 16.6 Å². The Hall–Kier alpha value is -2.17. The summed E-state index contributed by atoms with van der Waals surface area (Å²) in [6.07, 6.45) is 13.5. The van der Waals surface area contributed by atoms with Crippen LogP contribution in [0.4, 0.5) is 0 Å². The smallest absolute Gasteiger partial charge is 0.254 e. The third-order valence-electron chi connectivity index (χ3n) is 7.83. The molecule has 1 saturated carbocycles. The van der Waals surface area contributed by atoms with Gasteiger partial charge < -0.3 is 4.98 Å². The van der Waals surface area contributed by atoms with Gasteiger partial charge in [-0.05, 0) is 85.6 Å². The van der Waals surface area contributed by atoms with Gasteiger partial charge in [0.05, 0.1) is 5.69 Å². The molecule has 1 spiro atoms. The summed E-state index contributed by atoms with van der Waals surface area (Å²) in [5.41, 5.74) is 6.44. The van der Waals surface area contributed by atoms with Crippen molar-refractivity contribution in [2.75, 3.05) is 13.1 Å². The van der Waals surface area contributed by atoms with Crippen molar-refractivity contribution in [3.8, 4) is 0 Å². The molecule has 0 amide bonds. The number of aromatic nitrogens is 2. The number of fused-ring (bicyclic) bond motifs is 1. The molecule has 1 atom stereocenters. The first-order valence-corrected chi connectivity index (χ1v) is 12.0. The predicted molar refractivity (Wildman–Crippen MR) is 125 cm³/mol. The predicted octanol–water partition coefficient (Wildman–Crippen LogP) is 5.03. The van der Waals surface area contributed by atoms with Crippen LogP contribution >= 0.6 is 11.6 Å². The Morgan fingerprint density at radius 3 is 2.65 bits per heavy atom. The van der Waals surface area contributed by atoms with Gasteiger partial charge in [-0.25, -0.2) is 4.98 Å². The Morgan fingerprint density at radius 1 is 1.06 bits per heavy atom. The number of nitrogens with zero attached hydrogens (tertiary/aromatic N) is 2. The Kier molecular flexibility index (Phi) is 4.69. The van der Waals surface area contributed by atoms with E-state index in [0.717, 1.165) is 67.3 Å². The number of H-pyrrole nitrogens is 1. The summed E-state index contributed by atoms with van der Waals surface area (Å²) in [6.45, 7) is 2.02. The first-order chi connectivity index (χ1) is 15.1. The van der Waals surface area contributed by atoms with Crippen LogP contribution in [0.1, 0.15) is 61.2 Å². The van der Waals surface area contributed by atoms with Crippen LogP contribution in [0.3, 0.4) is 0 Å². The van der Waals surface area contributed by atoms with Crippen LogP contribution in [0.15, 0.2) is 41.2 Å². The molecule has 4 aliphatic rings. The summed E-state index contributed by atoms with van der Waals surface area (Å²) >= 11 is 6.03. The number of aromatic amines is 1. The number of benzene rings is 1. The van der Waals surface area contributed by atoms with E-state index in [0.29, 0.717) is 11.5 Å². The van der Waals surface area contributed by atoms with Crippen molar-refractivity contribution < 1.29 is 0 Å². The molecule has 4 nitrogen and oxygen atoms in total. The molecular weight excluding hydrogens is 406 g/mol. The fourth-order valence-electron chi connectivity index (χ4n) is 5.64. The summed E-state index contributed by atoms with van der Waals surface area (Å²) in [4.78, 5) is 23.4. The van der Waals surface area contributed by atoms with Gasteiger partial charge in [0.15, 0.2) is 0 Å². The molecule has 1 aromatic heterocycles. The Balaban J connectivity index is 1.18. The molecular formula is C26H28ClN3O. The zero-order valence-corrected chi connectivity index (χ0v) is 18.5. The quantitative estimate of drug-likeness (QED) is 0.738. The lowest BCUT2D eigenvalue weighted by Crippen LogP contribution is -2.36. The van der Waals surface area contributed by atoms with Crippen LogP contribution in [-0.2, 0) is 12.8 Å². The summed E-state index contributed by atoms with van der Waals surface area (Å²) in [5, 5.41) is 0.784. The van der Waals surface area contributed by atoms with E-state index in [1.807, 2.05) is 12.1 Å². The van der Waals surface area contributed by atoms with Gasteiger partial charge in [-0.15, -0.1) is 0 Å². The van der Waals surface area contributed by atoms with Gasteiger partial charge in [0, 0.05) is 29.7 Å². The number of nitrogens with one attached hydrogen (secondary N) is 1. The maximum atomic E-state index is 12.8. The molecule has 0 saturated heterocycles. The van der Waals surface area contributed by atoms with Crippen LogP contribution in [-0.4, -0.2) is 34.0 Å². The van der Waals surface area contributed by atoms with E-state index in [9.17, 15) is 4.79 Å². The van der Waals surface area contributed by atoms with Crippen LogP contribution in [0, 0.1) is 5.41 Å². The Morgan fingerprint density at radius 2 is 1.90 bits per heavy atom. The van der Waals surface area contributed by atoms with E-state index < -0.39 is 0 Å². The summed E-state index contributed by atoms with van der Waals surface area (Å²) < 4.78 is 0. The van der Waals surface area contributed by atoms with Crippen molar-refractivity contribution in [2.24, 2.45) is 5.41 Å². The normalized spacial score (nSPS) is 24.6. The summed E-state index contributed by atoms with van der Waals surface area (Å²) in [5.74, 6) is 0.812. The second-order valence-electron chi connectivity index (χ2n) is 9.80. The largest absolute Gasteiger partial charge is 0.307 e. The molecule has 1 aromatic carbocycles. The van der Waals surface area contributed by atoms with Crippen LogP contribution in [0.25, 0.3) is 11.1 Å². The minimum Gasteiger partial charge on any atom is -0.307 e. The molecule has 160 valence electrons. The number of aryl methyl sites for hydroxylation is 1. The highest BCUT2D eigenvalue weighted by molar-refractivity contribution is 6.30. The SMILES string of the molecule is O=c1[nH]c(C2=C[C@H](N3CC=C(c4ccc(Cl)cc4)CC3)CC2)nc2c1CC1(CC2)CC1. The molecule has 5 heteroatoms. The molecule has 0 unspecified atom stereocenters. The van der Waals surface area contributed by atoms with E-state index >= 15 is 0 Å². The minimum absolute atomic E-state index is 0.101. The third-order valence-corrected chi connectivity index (χ3v) is 8.09. The average Bonchev–Trinajstić information content (AvgIpc) is 3.35. The van der Waals surface area contributed by atoms with Gasteiger partial charge in [0.1, 0.15) is 5.82 Å². The van der Waals surface area contributed by atoms with Gasteiger partial charge in [0.2, 0.25) is 0 Å². The zero-order chi connectivity index (χ0) is 21.0. The number of hydrogen-bond acceptors (Lipinski definition) is 3. The summed E-state index contributed by atoms with van der Waals surface area (Å²) in [6, 6.07) is 8.58. The van der Waals surface area contributed by atoms with Crippen LogP contribution in [0.2, 0.25) is 5.02 Å². The van der Waals surface area contributed by atoms with Crippen molar-refractivity contribution in [1.82, 2.24) is 14.9 Å². The number of allylic oxidation sites excluding steroid dienone is 1. The van der Waals surface area contributed by atoms with Gasteiger partial charge in [-0.1, -0.05) is 35.9 Å². The summed E-state index contributed by atoms with van der Waals surface area (Å²) in [7, 11) is 0. The lowest BCUT2D eigenvalue weighted by molar-refractivity contribution is 0.250. The van der Waals surface area contributed by atoms with Crippen molar-refractivity contribution in [3.63, 3.8) is 0 Å². The van der Waals surface area contributed by atoms with Gasteiger partial charge in [-0.3, -0.25) is 9.69 Å². The first kappa shape index (κ1) is 19.5. The lowest BCUT2D eigenvalue weighted by Gasteiger charge is -2.30. The minimum atomic E-state index is 0.101. The first-order valence-electron chi connectivity index (χ1n) is 11.6. The topological polar surface area (TPSA) is 49.0 Å². The number of halogens is 1. The van der Waals surface area contributed by atoms with Gasteiger partial charge in [-0.2, -0.15) is 0 Å². The fraction of sp³-hybridized carbons (Fsp3) is 0.462. The Bertz CT molecular complexity index is 1140. The van der Waals surface area contributed by atoms with Crippen molar-refractivity contribution in [1.29, 1.82) is 0 Å². The molecule has 6 rings (SSSR count). The molecule has 2 aromatic rings. The highest BCUT2D eigenvalue weighted by atomic mass is 35.5. The molecule has 3 aliphatic carbocycles. The van der Waals surface area contributed by atoms with Crippen LogP contribution in [0.5, 0.6) is 0 Å². The monoisotopic (exact) mass is 433 g/mol. The average molecular weight is 434 g/mol. The third kappa shape index (κ3) is 3.70. The Labute approximate surface area is 188 Å². The van der Waals surface area contributed by atoms with Crippen LogP contribution < -0.4 is 5.56 Å². The van der Waals surface area contributed by atoms with E-state index in [1.165, 1.54) is 36.0 Å². The molecule has 0 bridgehead atoms. The highest BCUT2D eigenvalue weighted by Crippen LogP contribution is 2.53. The molecule has 31 heavy (non-hydrogen) atoms. The number of rotatable bonds is 3. The van der Waals surface area contributed by atoms with Gasteiger partial charge >= 0.3 is 0 Å². The number of hydrogen-bond donors (Lipinski definition) is 1. The zero-order valence-electron chi connectivity index (χ0n) is 17.8. The maximum absolute atomic E-state index is 12.8. The second kappa shape index (κ2) is 7.46. The van der Waals surface area contributed by atoms with E-state index in [-0.39, 0.29) is 5.56 Å². The molecule has 1 aliphatic heterocycles. The maximum Gasteiger partial charge on any atom is 0.254 e. The fourth-order valence-corrected chi connectivity index (χ4v) is 5.76. The lowest BCUT2D eigenvalue weighted by atomic mass is 9.84. The standard InChI is InChI=1S/C26H28ClN3O/c27-20-4-1-17(2-5-20)18-8-13-30(14-9-18)21-6-3-19(15-21)24-28-23-7-10-26(11-12-26)16-22(23)25(31)29-24/h1-2,4-5,8,15,21H,3,6-7,9-14,16H2,(H,28,29,31)/t21-/m1/s1. The van der Waals surface area contributed by atoms with Gasteiger partial charge in [0.25, 0.3) is 5.56 Å². The molecule has 1 N–H and O–H groups in total. The molecule has 1 fully saturated rings. The van der Waals surface area contributed by atoms with Crippen molar-refractivity contribution >= 4 is 22.7 Å². The second-order valence-corrected chi connectivity index (χ2v) is 10.2. The molecule has 2 heterocycles. The van der Waals surface area contributed by atoms with E-state index in [1.54, 1.807) is 0 Å².